The summed E-state index contributed by atoms with van der Waals surface area (Å²) in [5.41, 5.74) is 0.898. The van der Waals surface area contributed by atoms with Gasteiger partial charge in [0.1, 0.15) is 0 Å². The highest BCUT2D eigenvalue weighted by molar-refractivity contribution is 8.03. The van der Waals surface area contributed by atoms with Crippen molar-refractivity contribution in [3.8, 4) is 0 Å². The third-order valence-corrected chi connectivity index (χ3v) is 4.83. The molecule has 2 rings (SSSR count). The Labute approximate surface area is 129 Å². The standard InChI is InChI=1S/C14H18N2O3S2/c17-21(18,19)12-4-9-16-10-11-20-14(16)7-8-15-13-5-2-1-3-6-13/h1-3,5-8H,4,9-12H2,(H,17,18,19)/b14-7+,15-8?. The average Bonchev–Trinajstić information content (AvgIpc) is 2.86. The summed E-state index contributed by atoms with van der Waals surface area (Å²) >= 11 is 1.73. The van der Waals surface area contributed by atoms with Gasteiger partial charge < -0.3 is 4.90 Å². The minimum atomic E-state index is -3.87. The minimum absolute atomic E-state index is 0.195. The lowest BCUT2D eigenvalue weighted by molar-refractivity contribution is 0.398. The molecule has 0 radical (unpaired) electrons. The van der Waals surface area contributed by atoms with Crippen LogP contribution in [0.15, 0.2) is 46.4 Å². The maximum atomic E-state index is 10.7. The Morgan fingerprint density at radius 2 is 2.10 bits per heavy atom. The first kappa shape index (κ1) is 16.1. The van der Waals surface area contributed by atoms with E-state index in [0.29, 0.717) is 13.0 Å². The van der Waals surface area contributed by atoms with Crippen molar-refractivity contribution in [1.82, 2.24) is 4.90 Å². The van der Waals surface area contributed by atoms with Crippen molar-refractivity contribution < 1.29 is 13.0 Å². The van der Waals surface area contributed by atoms with Crippen LogP contribution in [0, 0.1) is 0 Å². The molecule has 0 amide bonds. The number of nitrogens with zero attached hydrogens (tertiary/aromatic N) is 2. The Morgan fingerprint density at radius 3 is 2.81 bits per heavy atom. The monoisotopic (exact) mass is 326 g/mol. The summed E-state index contributed by atoms with van der Waals surface area (Å²) in [5, 5.41) is 1.09. The zero-order chi connectivity index (χ0) is 15.1. The normalized spacial score (nSPS) is 18.0. The van der Waals surface area contributed by atoms with Gasteiger partial charge in [-0.05, 0) is 24.6 Å². The van der Waals surface area contributed by atoms with Crippen LogP contribution in [0.2, 0.25) is 0 Å². The van der Waals surface area contributed by atoms with Gasteiger partial charge in [-0.15, -0.1) is 11.8 Å². The predicted octanol–water partition coefficient (Wildman–Crippen LogP) is 2.56. The maximum absolute atomic E-state index is 10.7. The van der Waals surface area contributed by atoms with Gasteiger partial charge in [0.15, 0.2) is 0 Å². The lowest BCUT2D eigenvalue weighted by Gasteiger charge is -2.17. The SMILES string of the molecule is O=S(=O)(O)CCCN1CCS/C1=C/C=Nc1ccccc1. The molecular formula is C14H18N2O3S2. The predicted molar refractivity (Wildman–Crippen MR) is 87.7 cm³/mol. The van der Waals surface area contributed by atoms with Crippen molar-refractivity contribution in [3.05, 3.63) is 41.4 Å². The van der Waals surface area contributed by atoms with Gasteiger partial charge in [0.25, 0.3) is 10.1 Å². The first-order chi connectivity index (χ1) is 10.0. The Morgan fingerprint density at radius 1 is 1.33 bits per heavy atom. The lowest BCUT2D eigenvalue weighted by Crippen LogP contribution is -2.21. The van der Waals surface area contributed by atoms with E-state index in [-0.39, 0.29) is 5.75 Å². The number of aliphatic imine (C=N–C) groups is 1. The van der Waals surface area contributed by atoms with E-state index in [0.717, 1.165) is 23.0 Å². The van der Waals surface area contributed by atoms with Crippen LogP contribution >= 0.6 is 11.8 Å². The van der Waals surface area contributed by atoms with E-state index in [1.807, 2.05) is 36.4 Å². The molecule has 1 saturated heterocycles. The van der Waals surface area contributed by atoms with Gasteiger partial charge in [-0.25, -0.2) is 0 Å². The highest BCUT2D eigenvalue weighted by Crippen LogP contribution is 2.27. The van der Waals surface area contributed by atoms with Crippen LogP contribution in [-0.4, -0.2) is 48.7 Å². The summed E-state index contributed by atoms with van der Waals surface area (Å²) in [4.78, 5) is 6.46. The van der Waals surface area contributed by atoms with Gasteiger partial charge in [-0.3, -0.25) is 9.55 Å². The molecule has 0 aliphatic carbocycles. The molecule has 7 heteroatoms. The average molecular weight is 326 g/mol. The first-order valence-electron chi connectivity index (χ1n) is 6.67. The molecule has 1 aliphatic heterocycles. The van der Waals surface area contributed by atoms with E-state index < -0.39 is 10.1 Å². The van der Waals surface area contributed by atoms with Crippen LogP contribution in [0.1, 0.15) is 6.42 Å². The molecule has 114 valence electrons. The molecule has 0 spiro atoms. The van der Waals surface area contributed by atoms with E-state index >= 15 is 0 Å². The topological polar surface area (TPSA) is 70.0 Å². The van der Waals surface area contributed by atoms with E-state index in [1.165, 1.54) is 0 Å². The highest BCUT2D eigenvalue weighted by atomic mass is 32.2. The van der Waals surface area contributed by atoms with Gasteiger partial charge in [0.2, 0.25) is 0 Å². The first-order valence-corrected chi connectivity index (χ1v) is 9.26. The number of hydrogen-bond donors (Lipinski definition) is 1. The number of allylic oxidation sites excluding steroid dienone is 1. The van der Waals surface area contributed by atoms with Crippen LogP contribution in [-0.2, 0) is 10.1 Å². The molecule has 0 saturated carbocycles. The summed E-state index contributed by atoms with van der Waals surface area (Å²) in [7, 11) is -3.87. The van der Waals surface area contributed by atoms with E-state index in [4.69, 9.17) is 4.55 Å². The second-order valence-electron chi connectivity index (χ2n) is 4.59. The van der Waals surface area contributed by atoms with Crippen molar-refractivity contribution in [2.24, 2.45) is 4.99 Å². The van der Waals surface area contributed by atoms with Crippen LogP contribution < -0.4 is 0 Å². The van der Waals surface area contributed by atoms with E-state index in [9.17, 15) is 8.42 Å². The Balaban J connectivity index is 1.89. The molecule has 1 aromatic rings. The van der Waals surface area contributed by atoms with Crippen LogP contribution in [0.4, 0.5) is 5.69 Å². The van der Waals surface area contributed by atoms with Crippen molar-refractivity contribution in [3.63, 3.8) is 0 Å². The molecule has 0 atom stereocenters. The summed E-state index contributed by atoms with van der Waals surface area (Å²) in [6.07, 6.45) is 4.13. The van der Waals surface area contributed by atoms with Crippen molar-refractivity contribution in [2.75, 3.05) is 24.6 Å². The Kier molecular flexibility index (Phi) is 5.84. The van der Waals surface area contributed by atoms with Crippen molar-refractivity contribution in [1.29, 1.82) is 0 Å². The second kappa shape index (κ2) is 7.63. The molecule has 1 fully saturated rings. The van der Waals surface area contributed by atoms with Crippen molar-refractivity contribution >= 4 is 33.8 Å². The molecule has 0 bridgehead atoms. The van der Waals surface area contributed by atoms with Gasteiger partial charge >= 0.3 is 0 Å². The van der Waals surface area contributed by atoms with E-state index in [1.54, 1.807) is 18.0 Å². The fourth-order valence-electron chi connectivity index (χ4n) is 1.98. The molecule has 0 aromatic heterocycles. The minimum Gasteiger partial charge on any atom is -0.365 e. The summed E-state index contributed by atoms with van der Waals surface area (Å²) < 4.78 is 30.2. The molecule has 1 aromatic carbocycles. The second-order valence-corrected chi connectivity index (χ2v) is 7.28. The van der Waals surface area contributed by atoms with Crippen molar-refractivity contribution in [2.45, 2.75) is 6.42 Å². The largest absolute Gasteiger partial charge is 0.365 e. The number of thioether (sulfide) groups is 1. The fourth-order valence-corrected chi connectivity index (χ4v) is 3.51. The lowest BCUT2D eigenvalue weighted by atomic mass is 10.3. The van der Waals surface area contributed by atoms with Crippen LogP contribution in [0.25, 0.3) is 0 Å². The third-order valence-electron chi connectivity index (χ3n) is 2.95. The van der Waals surface area contributed by atoms with Gasteiger partial charge in [0, 0.05) is 25.1 Å². The maximum Gasteiger partial charge on any atom is 0.264 e. The molecular weight excluding hydrogens is 308 g/mol. The molecule has 1 heterocycles. The number of benzene rings is 1. The smallest absolute Gasteiger partial charge is 0.264 e. The summed E-state index contributed by atoms with van der Waals surface area (Å²) in [5.74, 6) is 0.788. The molecule has 5 nitrogen and oxygen atoms in total. The third kappa shape index (κ3) is 5.91. The molecule has 21 heavy (non-hydrogen) atoms. The van der Waals surface area contributed by atoms with Gasteiger partial charge in [-0.2, -0.15) is 8.42 Å². The summed E-state index contributed by atoms with van der Waals surface area (Å²) in [6.45, 7) is 1.51. The Bertz CT molecular complexity index is 612. The zero-order valence-corrected chi connectivity index (χ0v) is 13.2. The van der Waals surface area contributed by atoms with E-state index in [2.05, 4.69) is 9.89 Å². The molecule has 0 unspecified atom stereocenters. The molecule has 1 aliphatic rings. The quantitative estimate of drug-likeness (QED) is 0.642. The molecule has 1 N–H and O–H groups in total. The number of rotatable bonds is 6. The Hall–Kier alpha value is -1.31. The number of hydrogen-bond acceptors (Lipinski definition) is 5. The van der Waals surface area contributed by atoms with Crippen LogP contribution in [0.5, 0.6) is 0 Å². The van der Waals surface area contributed by atoms with Gasteiger partial charge in [-0.1, -0.05) is 18.2 Å². The summed E-state index contributed by atoms with van der Waals surface area (Å²) in [6, 6.07) is 9.68. The van der Waals surface area contributed by atoms with Crippen LogP contribution in [0.3, 0.4) is 0 Å². The van der Waals surface area contributed by atoms with Gasteiger partial charge in [0.05, 0.1) is 16.5 Å². The highest BCUT2D eigenvalue weighted by Gasteiger charge is 2.17. The fraction of sp³-hybridized carbons (Fsp3) is 0.357. The zero-order valence-electron chi connectivity index (χ0n) is 11.6. The number of para-hydroxylation sites is 1.